The minimum absolute atomic E-state index is 0.0676. The van der Waals surface area contributed by atoms with Crippen LogP contribution in [0.3, 0.4) is 0 Å². The SMILES string of the molecule is Cc1ccc(C(C)(C)c2ccc(OCc3nccc(N4CCOCC4)n3)cc2)cc1. The number of benzene rings is 2. The molecule has 1 aliphatic heterocycles. The first kappa shape index (κ1) is 20.4. The first-order valence-corrected chi connectivity index (χ1v) is 10.5. The summed E-state index contributed by atoms with van der Waals surface area (Å²) in [5, 5.41) is 0. The van der Waals surface area contributed by atoms with Gasteiger partial charge in [-0.05, 0) is 36.2 Å². The lowest BCUT2D eigenvalue weighted by atomic mass is 9.78. The topological polar surface area (TPSA) is 47.5 Å². The zero-order valence-electron chi connectivity index (χ0n) is 18.0. The number of hydrogen-bond acceptors (Lipinski definition) is 5. The summed E-state index contributed by atoms with van der Waals surface area (Å²) in [5.41, 5.74) is 3.76. The zero-order chi connectivity index (χ0) is 21.0. The highest BCUT2D eigenvalue weighted by Gasteiger charge is 2.23. The van der Waals surface area contributed by atoms with Crippen molar-refractivity contribution < 1.29 is 9.47 Å². The summed E-state index contributed by atoms with van der Waals surface area (Å²) in [7, 11) is 0. The Balaban J connectivity index is 1.41. The average Bonchev–Trinajstić information content (AvgIpc) is 2.79. The summed E-state index contributed by atoms with van der Waals surface area (Å²) in [4.78, 5) is 11.2. The minimum Gasteiger partial charge on any atom is -0.486 e. The number of aryl methyl sites for hydroxylation is 1. The van der Waals surface area contributed by atoms with Gasteiger partial charge in [-0.25, -0.2) is 9.97 Å². The summed E-state index contributed by atoms with van der Waals surface area (Å²) in [6, 6.07) is 19.0. The van der Waals surface area contributed by atoms with Gasteiger partial charge in [-0.1, -0.05) is 55.8 Å². The number of aromatic nitrogens is 2. The van der Waals surface area contributed by atoms with Gasteiger partial charge in [-0.15, -0.1) is 0 Å². The summed E-state index contributed by atoms with van der Waals surface area (Å²) in [5.74, 6) is 2.43. The van der Waals surface area contributed by atoms with E-state index < -0.39 is 0 Å². The van der Waals surface area contributed by atoms with Gasteiger partial charge >= 0.3 is 0 Å². The second-order valence-electron chi connectivity index (χ2n) is 8.23. The number of morpholine rings is 1. The normalized spacial score (nSPS) is 14.6. The van der Waals surface area contributed by atoms with E-state index in [4.69, 9.17) is 9.47 Å². The van der Waals surface area contributed by atoms with E-state index in [1.165, 1.54) is 16.7 Å². The standard InChI is InChI=1S/C25H29N3O2/c1-19-4-6-20(7-5-19)25(2,3)21-8-10-22(11-9-21)30-18-23-26-13-12-24(27-23)28-14-16-29-17-15-28/h4-13H,14-18H2,1-3H3. The number of hydrogen-bond donors (Lipinski definition) is 0. The molecule has 30 heavy (non-hydrogen) atoms. The van der Waals surface area contributed by atoms with Crippen molar-refractivity contribution in [2.75, 3.05) is 31.2 Å². The molecule has 1 aliphatic rings. The third-order valence-electron chi connectivity index (χ3n) is 5.74. The highest BCUT2D eigenvalue weighted by Crippen LogP contribution is 2.32. The molecule has 0 N–H and O–H groups in total. The van der Waals surface area contributed by atoms with Crippen LogP contribution in [0.5, 0.6) is 5.75 Å². The first-order chi connectivity index (χ1) is 14.5. The van der Waals surface area contributed by atoms with Crippen molar-refractivity contribution >= 4 is 5.82 Å². The van der Waals surface area contributed by atoms with Gasteiger partial charge in [-0.3, -0.25) is 0 Å². The summed E-state index contributed by atoms with van der Waals surface area (Å²) < 4.78 is 11.4. The highest BCUT2D eigenvalue weighted by atomic mass is 16.5. The maximum absolute atomic E-state index is 5.96. The van der Waals surface area contributed by atoms with Crippen LogP contribution in [-0.4, -0.2) is 36.3 Å². The van der Waals surface area contributed by atoms with Gasteiger partial charge < -0.3 is 14.4 Å². The van der Waals surface area contributed by atoms with Crippen molar-refractivity contribution in [3.8, 4) is 5.75 Å². The summed E-state index contributed by atoms with van der Waals surface area (Å²) in [6.07, 6.45) is 1.80. The third-order valence-corrected chi connectivity index (χ3v) is 5.74. The predicted octanol–water partition coefficient (Wildman–Crippen LogP) is 4.53. The van der Waals surface area contributed by atoms with Gasteiger partial charge in [0.1, 0.15) is 18.2 Å². The molecule has 0 unspecified atom stereocenters. The number of nitrogens with zero attached hydrogens (tertiary/aromatic N) is 3. The van der Waals surface area contributed by atoms with Crippen LogP contribution < -0.4 is 9.64 Å². The Labute approximate surface area is 178 Å². The molecule has 2 heterocycles. The molecule has 5 heteroatoms. The third kappa shape index (κ3) is 4.62. The van der Waals surface area contributed by atoms with Gasteiger partial charge in [0.15, 0.2) is 5.82 Å². The molecule has 5 nitrogen and oxygen atoms in total. The largest absolute Gasteiger partial charge is 0.486 e. The van der Waals surface area contributed by atoms with Crippen LogP contribution in [0.4, 0.5) is 5.82 Å². The molecule has 0 aliphatic carbocycles. The van der Waals surface area contributed by atoms with Gasteiger partial charge in [0.2, 0.25) is 0 Å². The van der Waals surface area contributed by atoms with Crippen molar-refractivity contribution in [2.24, 2.45) is 0 Å². The fraction of sp³-hybridized carbons (Fsp3) is 0.360. The van der Waals surface area contributed by atoms with Crippen LogP contribution in [0.2, 0.25) is 0 Å². The maximum Gasteiger partial charge on any atom is 0.168 e. The average molecular weight is 404 g/mol. The van der Waals surface area contributed by atoms with Crippen LogP contribution in [0.15, 0.2) is 60.8 Å². The molecule has 1 fully saturated rings. The van der Waals surface area contributed by atoms with E-state index in [1.807, 2.05) is 18.2 Å². The Morgan fingerprint density at radius 2 is 1.57 bits per heavy atom. The van der Waals surface area contributed by atoms with E-state index in [9.17, 15) is 0 Å². The van der Waals surface area contributed by atoms with Crippen molar-refractivity contribution in [1.29, 1.82) is 0 Å². The lowest BCUT2D eigenvalue weighted by molar-refractivity contribution is 0.122. The molecule has 1 saturated heterocycles. The molecule has 0 bridgehead atoms. The van der Waals surface area contributed by atoms with Gasteiger partial charge in [0, 0.05) is 24.7 Å². The molecule has 0 radical (unpaired) electrons. The number of rotatable bonds is 6. The fourth-order valence-corrected chi connectivity index (χ4v) is 3.68. The fourth-order valence-electron chi connectivity index (χ4n) is 3.68. The first-order valence-electron chi connectivity index (χ1n) is 10.5. The predicted molar refractivity (Wildman–Crippen MR) is 119 cm³/mol. The Hall–Kier alpha value is -2.92. The van der Waals surface area contributed by atoms with E-state index in [2.05, 4.69) is 72.0 Å². The molecule has 0 saturated carbocycles. The molecular formula is C25H29N3O2. The van der Waals surface area contributed by atoms with E-state index >= 15 is 0 Å². The lowest BCUT2D eigenvalue weighted by Gasteiger charge is -2.27. The second-order valence-corrected chi connectivity index (χ2v) is 8.23. The number of ether oxygens (including phenoxy) is 2. The van der Waals surface area contributed by atoms with Crippen molar-refractivity contribution in [3.05, 3.63) is 83.3 Å². The Kier molecular flexibility index (Phi) is 6.00. The smallest absolute Gasteiger partial charge is 0.168 e. The summed E-state index contributed by atoms with van der Waals surface area (Å²) in [6.45, 7) is 10.1. The van der Waals surface area contributed by atoms with Crippen LogP contribution in [-0.2, 0) is 16.8 Å². The molecule has 0 spiro atoms. The van der Waals surface area contributed by atoms with E-state index in [0.717, 1.165) is 37.9 Å². The second kappa shape index (κ2) is 8.84. The molecule has 0 atom stereocenters. The zero-order valence-corrected chi connectivity index (χ0v) is 18.0. The molecule has 4 rings (SSSR count). The summed E-state index contributed by atoms with van der Waals surface area (Å²) >= 11 is 0. The van der Waals surface area contributed by atoms with Gasteiger partial charge in [0.25, 0.3) is 0 Å². The van der Waals surface area contributed by atoms with E-state index in [1.54, 1.807) is 6.20 Å². The van der Waals surface area contributed by atoms with E-state index in [0.29, 0.717) is 12.4 Å². The quantitative estimate of drug-likeness (QED) is 0.605. The molecule has 3 aromatic rings. The Morgan fingerprint density at radius 3 is 2.23 bits per heavy atom. The van der Waals surface area contributed by atoms with Gasteiger partial charge in [-0.2, -0.15) is 0 Å². The van der Waals surface area contributed by atoms with Crippen molar-refractivity contribution in [1.82, 2.24) is 9.97 Å². The molecule has 2 aromatic carbocycles. The minimum atomic E-state index is -0.0676. The monoisotopic (exact) mass is 403 g/mol. The van der Waals surface area contributed by atoms with Crippen LogP contribution in [0, 0.1) is 6.92 Å². The van der Waals surface area contributed by atoms with E-state index in [-0.39, 0.29) is 5.41 Å². The number of anilines is 1. The van der Waals surface area contributed by atoms with Crippen molar-refractivity contribution in [3.63, 3.8) is 0 Å². The maximum atomic E-state index is 5.96. The van der Waals surface area contributed by atoms with Crippen LogP contribution in [0.25, 0.3) is 0 Å². The highest BCUT2D eigenvalue weighted by molar-refractivity contribution is 5.41. The molecule has 156 valence electrons. The van der Waals surface area contributed by atoms with Crippen LogP contribution >= 0.6 is 0 Å². The lowest BCUT2D eigenvalue weighted by Crippen LogP contribution is -2.36. The van der Waals surface area contributed by atoms with Crippen molar-refractivity contribution in [2.45, 2.75) is 32.8 Å². The van der Waals surface area contributed by atoms with Crippen LogP contribution in [0.1, 0.15) is 36.4 Å². The molecular weight excluding hydrogens is 374 g/mol. The molecule has 0 amide bonds. The Morgan fingerprint density at radius 1 is 0.933 bits per heavy atom. The Bertz CT molecular complexity index is 962. The molecule has 1 aromatic heterocycles. The van der Waals surface area contributed by atoms with Gasteiger partial charge in [0.05, 0.1) is 13.2 Å².